The lowest BCUT2D eigenvalue weighted by atomic mass is 10.1. The van der Waals surface area contributed by atoms with E-state index in [1.54, 1.807) is 0 Å². The maximum Gasteiger partial charge on any atom is 0.417 e. The van der Waals surface area contributed by atoms with E-state index in [2.05, 4.69) is 10.3 Å². The van der Waals surface area contributed by atoms with Crippen molar-refractivity contribution in [3.63, 3.8) is 0 Å². The van der Waals surface area contributed by atoms with Crippen LogP contribution in [0.5, 0.6) is 0 Å². The minimum Gasteiger partial charge on any atom is -0.351 e. The average molecular weight is 509 g/mol. The Morgan fingerprint density at radius 1 is 1.15 bits per heavy atom. The number of fused-ring (bicyclic) bond motifs is 1. The second-order valence-corrected chi connectivity index (χ2v) is 11.0. The van der Waals surface area contributed by atoms with E-state index in [4.69, 9.17) is 0 Å². The number of benzene rings is 1. The van der Waals surface area contributed by atoms with E-state index in [-0.39, 0.29) is 25.2 Å². The quantitative estimate of drug-likeness (QED) is 0.591. The zero-order valence-electron chi connectivity index (χ0n) is 18.0. The predicted molar refractivity (Wildman–Crippen MR) is 112 cm³/mol. The molecular weight excluding hydrogens is 488 g/mol. The Bertz CT molecular complexity index is 1170. The van der Waals surface area contributed by atoms with Crippen molar-refractivity contribution in [2.45, 2.75) is 48.4 Å². The largest absolute Gasteiger partial charge is 0.417 e. The van der Waals surface area contributed by atoms with Gasteiger partial charge in [0, 0.05) is 12.7 Å². The molecule has 0 saturated carbocycles. The summed E-state index contributed by atoms with van der Waals surface area (Å²) >= 11 is 0. The zero-order chi connectivity index (χ0) is 25.5. The molecule has 2 heterocycles. The van der Waals surface area contributed by atoms with Crippen LogP contribution < -0.4 is 5.32 Å². The van der Waals surface area contributed by atoms with Crippen molar-refractivity contribution in [3.05, 3.63) is 53.8 Å². The number of carbonyl (C=O) groups is 1. The van der Waals surface area contributed by atoms with Crippen LogP contribution in [0.25, 0.3) is 0 Å². The number of amides is 1. The third-order valence-corrected chi connectivity index (χ3v) is 8.05. The van der Waals surface area contributed by atoms with Gasteiger partial charge in [-0.15, -0.1) is 0 Å². The monoisotopic (exact) mass is 509 g/mol. The molecule has 0 fully saturated rings. The highest BCUT2D eigenvalue weighted by Gasteiger charge is 2.39. The molecule has 0 spiro atoms. The summed E-state index contributed by atoms with van der Waals surface area (Å²) in [5.74, 6) is -0.669. The molecule has 13 heteroatoms. The Kier molecular flexibility index (Phi) is 6.64. The predicted octanol–water partition coefficient (Wildman–Crippen LogP) is 3.86. The number of halogens is 6. The molecule has 3 rings (SSSR count). The number of rotatable bonds is 6. The van der Waals surface area contributed by atoms with Gasteiger partial charge in [-0.1, -0.05) is 6.07 Å². The molecule has 1 aromatic carbocycles. The minimum atomic E-state index is -4.70. The molecule has 2 aliphatic heterocycles. The second-order valence-electron chi connectivity index (χ2n) is 8.40. The number of hydrogen-bond donors (Lipinski definition) is 1. The first-order chi connectivity index (χ1) is 15.5. The van der Waals surface area contributed by atoms with Crippen molar-refractivity contribution in [2.24, 2.45) is 4.99 Å². The van der Waals surface area contributed by atoms with Gasteiger partial charge >= 0.3 is 12.4 Å². The standard InChI is InChI=1S/C21H21F6N3O3S/c1-19(2,34(32,33)15-5-3-4-13(10-15)20(22,23)24)8-9-28-18(31)16-12-30-11-14(21(25,26)27)6-7-17(30)29-16/h3-7,10-11,17H,8-9,12H2,1-2H3,(H,28,31). The summed E-state index contributed by atoms with van der Waals surface area (Å²) in [6, 6.07) is 3.41. The van der Waals surface area contributed by atoms with Crippen LogP contribution in [-0.2, 0) is 20.8 Å². The summed E-state index contributed by atoms with van der Waals surface area (Å²) < 4.78 is 102. The first-order valence-corrected chi connectivity index (χ1v) is 11.5. The maximum atomic E-state index is 13.0. The number of nitrogens with zero attached hydrogens (tertiary/aromatic N) is 2. The van der Waals surface area contributed by atoms with Gasteiger partial charge in [-0.05, 0) is 50.6 Å². The van der Waals surface area contributed by atoms with Gasteiger partial charge in [0.15, 0.2) is 9.84 Å². The van der Waals surface area contributed by atoms with E-state index in [9.17, 15) is 39.6 Å². The van der Waals surface area contributed by atoms with E-state index in [1.165, 1.54) is 24.8 Å². The van der Waals surface area contributed by atoms with Crippen LogP contribution >= 0.6 is 0 Å². The zero-order valence-corrected chi connectivity index (χ0v) is 18.9. The molecule has 1 aromatic rings. The van der Waals surface area contributed by atoms with Crippen molar-refractivity contribution in [2.75, 3.05) is 13.1 Å². The van der Waals surface area contributed by atoms with E-state index < -0.39 is 55.0 Å². The van der Waals surface area contributed by atoms with Gasteiger partial charge < -0.3 is 10.2 Å². The molecule has 0 aromatic heterocycles. The van der Waals surface area contributed by atoms with E-state index in [1.807, 2.05) is 0 Å². The van der Waals surface area contributed by atoms with Crippen LogP contribution in [0.4, 0.5) is 26.3 Å². The molecule has 2 aliphatic rings. The summed E-state index contributed by atoms with van der Waals surface area (Å²) in [5.41, 5.74) is -1.99. The van der Waals surface area contributed by atoms with Crippen LogP contribution in [0.1, 0.15) is 25.8 Å². The number of sulfone groups is 1. The number of alkyl halides is 6. The summed E-state index contributed by atoms with van der Waals surface area (Å²) in [6.45, 7) is 2.35. The van der Waals surface area contributed by atoms with Gasteiger partial charge in [0.1, 0.15) is 11.9 Å². The van der Waals surface area contributed by atoms with Gasteiger partial charge in [0.25, 0.3) is 5.91 Å². The Morgan fingerprint density at radius 2 is 1.82 bits per heavy atom. The minimum absolute atomic E-state index is 0.0205. The molecule has 1 amide bonds. The Morgan fingerprint density at radius 3 is 2.44 bits per heavy atom. The number of carbonyl (C=O) groups excluding carboxylic acids is 1. The fraction of sp³-hybridized carbons (Fsp3) is 0.429. The summed E-state index contributed by atoms with van der Waals surface area (Å²) in [7, 11) is -4.19. The molecule has 1 unspecified atom stereocenters. The molecular formula is C21H21F6N3O3S. The fourth-order valence-electron chi connectivity index (χ4n) is 3.40. The van der Waals surface area contributed by atoms with Gasteiger partial charge in [0.2, 0.25) is 0 Å². The first kappa shape index (κ1) is 25.8. The third kappa shape index (κ3) is 5.29. The summed E-state index contributed by atoms with van der Waals surface area (Å²) in [6.07, 6.45) is -7.15. The highest BCUT2D eigenvalue weighted by molar-refractivity contribution is 7.92. The fourth-order valence-corrected chi connectivity index (χ4v) is 4.95. The number of hydrogen-bond acceptors (Lipinski definition) is 5. The SMILES string of the molecule is CC(C)(CCNC(=O)C1=NC2C=CC(C(F)(F)F)=CN2C1)S(=O)(=O)c1cccc(C(F)(F)F)c1. The normalized spacial score (nSPS) is 18.9. The molecule has 0 saturated heterocycles. The summed E-state index contributed by atoms with van der Waals surface area (Å²) in [4.78, 5) is 17.3. The smallest absolute Gasteiger partial charge is 0.351 e. The molecule has 6 nitrogen and oxygen atoms in total. The average Bonchev–Trinajstić information content (AvgIpc) is 3.16. The Labute approximate surface area is 191 Å². The Balaban J connectivity index is 1.62. The lowest BCUT2D eigenvalue weighted by molar-refractivity contribution is -0.137. The number of allylic oxidation sites excluding steroid dienone is 2. The molecule has 1 atom stereocenters. The van der Waals surface area contributed by atoms with Crippen LogP contribution in [0.15, 0.2) is 58.1 Å². The van der Waals surface area contributed by atoms with Gasteiger partial charge in [-0.2, -0.15) is 26.3 Å². The van der Waals surface area contributed by atoms with Gasteiger partial charge in [0.05, 0.1) is 27.3 Å². The number of aliphatic imine (C=N–C) groups is 1. The number of nitrogens with one attached hydrogen (secondary N) is 1. The molecule has 0 bridgehead atoms. The second kappa shape index (κ2) is 8.75. The summed E-state index contributed by atoms with van der Waals surface area (Å²) in [5, 5.41) is 2.48. The van der Waals surface area contributed by atoms with Crippen LogP contribution in [0.2, 0.25) is 0 Å². The van der Waals surface area contributed by atoms with Crippen molar-refractivity contribution in [3.8, 4) is 0 Å². The lowest BCUT2D eigenvalue weighted by Crippen LogP contribution is -2.40. The highest BCUT2D eigenvalue weighted by atomic mass is 32.2. The molecule has 0 aliphatic carbocycles. The van der Waals surface area contributed by atoms with Crippen molar-refractivity contribution in [1.82, 2.24) is 10.2 Å². The highest BCUT2D eigenvalue weighted by Crippen LogP contribution is 2.34. The van der Waals surface area contributed by atoms with Crippen LogP contribution in [-0.4, -0.2) is 55.1 Å². The molecule has 1 N–H and O–H groups in total. The lowest BCUT2D eigenvalue weighted by Gasteiger charge is -2.25. The van der Waals surface area contributed by atoms with Gasteiger partial charge in [-0.3, -0.25) is 9.79 Å². The van der Waals surface area contributed by atoms with E-state index in [0.29, 0.717) is 6.07 Å². The molecule has 34 heavy (non-hydrogen) atoms. The molecule has 0 radical (unpaired) electrons. The van der Waals surface area contributed by atoms with E-state index in [0.717, 1.165) is 30.5 Å². The van der Waals surface area contributed by atoms with Crippen molar-refractivity contribution >= 4 is 21.5 Å². The van der Waals surface area contributed by atoms with E-state index >= 15 is 0 Å². The van der Waals surface area contributed by atoms with Crippen molar-refractivity contribution in [1.29, 1.82) is 0 Å². The van der Waals surface area contributed by atoms with Crippen molar-refractivity contribution < 1.29 is 39.6 Å². The molecule has 186 valence electrons. The third-order valence-electron chi connectivity index (χ3n) is 5.51. The topological polar surface area (TPSA) is 78.8 Å². The Hall–Kier alpha value is -2.83. The maximum absolute atomic E-state index is 13.0. The van der Waals surface area contributed by atoms with Gasteiger partial charge in [-0.25, -0.2) is 8.42 Å². The first-order valence-electron chi connectivity index (χ1n) is 10.0. The van der Waals surface area contributed by atoms with Crippen LogP contribution in [0.3, 0.4) is 0 Å². The van der Waals surface area contributed by atoms with Crippen LogP contribution in [0, 0.1) is 0 Å².